The van der Waals surface area contributed by atoms with Gasteiger partial charge in [-0.05, 0) is 42.7 Å². The van der Waals surface area contributed by atoms with Gasteiger partial charge in [0.2, 0.25) is 5.91 Å². The van der Waals surface area contributed by atoms with Gasteiger partial charge in [-0.15, -0.1) is 24.0 Å². The summed E-state index contributed by atoms with van der Waals surface area (Å²) >= 11 is 1.97. The van der Waals surface area contributed by atoms with E-state index in [4.69, 9.17) is 14.5 Å². The van der Waals surface area contributed by atoms with Crippen LogP contribution in [0.25, 0.3) is 0 Å². The molecule has 2 heterocycles. The van der Waals surface area contributed by atoms with Crippen LogP contribution in [0, 0.1) is 0 Å². The van der Waals surface area contributed by atoms with Crippen LogP contribution in [0.3, 0.4) is 0 Å². The van der Waals surface area contributed by atoms with E-state index in [0.717, 1.165) is 42.9 Å². The molecule has 3 rings (SSSR count). The Balaban J connectivity index is 0.00000320. The number of carbonyl (C=O) groups is 1. The molecule has 1 aromatic carbocycles. The first-order valence-corrected chi connectivity index (χ1v) is 11.2. The maximum Gasteiger partial charge on any atom is 0.241 e. The number of hydrogen-bond donors (Lipinski definition) is 2. The van der Waals surface area contributed by atoms with E-state index in [2.05, 4.69) is 10.6 Å². The summed E-state index contributed by atoms with van der Waals surface area (Å²) in [4.78, 5) is 18.3. The molecule has 168 valence electrons. The Morgan fingerprint density at radius 1 is 1.37 bits per heavy atom. The first-order chi connectivity index (χ1) is 14.0. The molecule has 1 amide bonds. The van der Waals surface area contributed by atoms with Gasteiger partial charge in [0.05, 0.1) is 25.8 Å². The highest BCUT2D eigenvalue weighted by Crippen LogP contribution is 2.38. The smallest absolute Gasteiger partial charge is 0.241 e. The van der Waals surface area contributed by atoms with E-state index in [1.54, 1.807) is 26.1 Å². The Bertz CT molecular complexity index is 709. The second kappa shape index (κ2) is 12.0. The van der Waals surface area contributed by atoms with Crippen molar-refractivity contribution in [3.05, 3.63) is 29.8 Å². The van der Waals surface area contributed by atoms with E-state index in [1.807, 2.05) is 36.0 Å². The minimum atomic E-state index is 0. The molecule has 2 fully saturated rings. The summed E-state index contributed by atoms with van der Waals surface area (Å²) in [6, 6.07) is 8.16. The van der Waals surface area contributed by atoms with Crippen molar-refractivity contribution in [1.29, 1.82) is 0 Å². The molecule has 2 aliphatic heterocycles. The number of hydrogen-bond acceptors (Lipinski definition) is 5. The number of benzene rings is 1. The Kier molecular flexibility index (Phi) is 10.0. The monoisotopic (exact) mass is 548 g/mol. The minimum Gasteiger partial charge on any atom is -0.497 e. The molecule has 0 saturated carbocycles. The molecule has 2 aliphatic rings. The van der Waals surface area contributed by atoms with Crippen molar-refractivity contribution in [3.63, 3.8) is 0 Å². The van der Waals surface area contributed by atoms with Gasteiger partial charge in [-0.3, -0.25) is 4.79 Å². The molecular formula is C21H33IN4O3S. The molecule has 0 radical (unpaired) electrons. The van der Waals surface area contributed by atoms with Crippen molar-refractivity contribution in [2.24, 2.45) is 4.99 Å². The van der Waals surface area contributed by atoms with Crippen LogP contribution in [-0.2, 0) is 16.1 Å². The van der Waals surface area contributed by atoms with E-state index in [0.29, 0.717) is 18.5 Å². The van der Waals surface area contributed by atoms with Gasteiger partial charge < -0.3 is 25.0 Å². The number of carbonyl (C=O) groups excluding carboxylic acids is 1. The third-order valence-corrected chi connectivity index (χ3v) is 6.61. The fourth-order valence-corrected chi connectivity index (χ4v) is 4.96. The van der Waals surface area contributed by atoms with Gasteiger partial charge in [-0.2, -0.15) is 11.8 Å². The summed E-state index contributed by atoms with van der Waals surface area (Å²) in [5, 5.41) is 6.75. The lowest BCUT2D eigenvalue weighted by molar-refractivity contribution is -0.127. The van der Waals surface area contributed by atoms with Gasteiger partial charge in [0.1, 0.15) is 5.75 Å². The van der Waals surface area contributed by atoms with Crippen LogP contribution < -0.4 is 15.4 Å². The maximum atomic E-state index is 12.0. The van der Waals surface area contributed by atoms with Crippen LogP contribution in [0.15, 0.2) is 29.3 Å². The Morgan fingerprint density at radius 3 is 2.77 bits per heavy atom. The summed E-state index contributed by atoms with van der Waals surface area (Å²) in [6.07, 6.45) is 3.03. The molecule has 30 heavy (non-hydrogen) atoms. The summed E-state index contributed by atoms with van der Waals surface area (Å²) in [6.45, 7) is 1.51. The van der Waals surface area contributed by atoms with E-state index < -0.39 is 0 Å². The summed E-state index contributed by atoms with van der Waals surface area (Å²) in [5.41, 5.74) is 1.09. The lowest BCUT2D eigenvalue weighted by Crippen LogP contribution is -2.52. The predicted molar refractivity (Wildman–Crippen MR) is 133 cm³/mol. The molecule has 2 atom stereocenters. The Labute approximate surface area is 200 Å². The van der Waals surface area contributed by atoms with Crippen molar-refractivity contribution in [1.82, 2.24) is 15.5 Å². The second-order valence-corrected chi connectivity index (χ2v) is 8.93. The largest absolute Gasteiger partial charge is 0.497 e. The van der Waals surface area contributed by atoms with Gasteiger partial charge in [-0.25, -0.2) is 4.99 Å². The summed E-state index contributed by atoms with van der Waals surface area (Å²) in [5.74, 6) is 3.74. The molecule has 0 bridgehead atoms. The van der Waals surface area contributed by atoms with Gasteiger partial charge in [0.25, 0.3) is 0 Å². The quantitative estimate of drug-likeness (QED) is 0.324. The highest BCUT2D eigenvalue weighted by molar-refractivity contribution is 14.0. The van der Waals surface area contributed by atoms with Crippen LogP contribution in [0.5, 0.6) is 5.75 Å². The average molecular weight is 548 g/mol. The highest BCUT2D eigenvalue weighted by atomic mass is 127. The van der Waals surface area contributed by atoms with Crippen molar-refractivity contribution >= 4 is 47.6 Å². The number of rotatable bonds is 6. The van der Waals surface area contributed by atoms with Gasteiger partial charge >= 0.3 is 0 Å². The normalized spacial score (nSPS) is 23.6. The molecule has 7 nitrogen and oxygen atoms in total. The van der Waals surface area contributed by atoms with E-state index in [9.17, 15) is 4.79 Å². The van der Waals surface area contributed by atoms with Gasteiger partial charge in [0.15, 0.2) is 5.96 Å². The van der Waals surface area contributed by atoms with Crippen molar-refractivity contribution in [2.45, 2.75) is 37.5 Å². The number of nitrogens with one attached hydrogen (secondary N) is 2. The van der Waals surface area contributed by atoms with Crippen LogP contribution >= 0.6 is 35.7 Å². The number of guanidine groups is 1. The molecular weight excluding hydrogens is 515 g/mol. The third kappa shape index (κ3) is 7.19. The average Bonchev–Trinajstić information content (AvgIpc) is 3.17. The molecule has 2 saturated heterocycles. The number of halogens is 1. The fraction of sp³-hybridized carbons (Fsp3) is 0.619. The Hall–Kier alpha value is -1.20. The first-order valence-electron chi connectivity index (χ1n) is 10.1. The van der Waals surface area contributed by atoms with E-state index >= 15 is 0 Å². The zero-order valence-electron chi connectivity index (χ0n) is 18.0. The summed E-state index contributed by atoms with van der Waals surface area (Å²) in [7, 11) is 5.17. The van der Waals surface area contributed by atoms with Crippen LogP contribution in [0.1, 0.15) is 24.8 Å². The first kappa shape index (κ1) is 25.1. The zero-order chi connectivity index (χ0) is 20.7. The van der Waals surface area contributed by atoms with E-state index in [-0.39, 0.29) is 42.0 Å². The number of likely N-dealkylation sites (N-methyl/N-ethyl adjacent to an activating group) is 1. The standard InChI is InChI=1S/C21H32N4O3S.HI/c1-25(2)19(26)14-23-20(22-13-16-4-6-18(27-3)7-5-16)24-17-8-10-28-21(12-17)9-11-29-15-21;/h4-7,17H,8-15H2,1-3H3,(H2,22,23,24);1H. The number of amides is 1. The SMILES string of the molecule is COc1ccc(CN=C(NCC(=O)N(C)C)NC2CCOC3(CCSC3)C2)cc1.I. The highest BCUT2D eigenvalue weighted by Gasteiger charge is 2.40. The van der Waals surface area contributed by atoms with Crippen molar-refractivity contribution in [3.8, 4) is 5.75 Å². The molecule has 0 aliphatic carbocycles. The third-order valence-electron chi connectivity index (χ3n) is 5.39. The molecule has 1 spiro atoms. The molecule has 2 unspecified atom stereocenters. The summed E-state index contributed by atoms with van der Waals surface area (Å²) < 4.78 is 11.3. The maximum absolute atomic E-state index is 12.0. The predicted octanol–water partition coefficient (Wildman–Crippen LogP) is 2.49. The zero-order valence-corrected chi connectivity index (χ0v) is 21.1. The van der Waals surface area contributed by atoms with Crippen LogP contribution in [0.2, 0.25) is 0 Å². The van der Waals surface area contributed by atoms with Crippen LogP contribution in [0.4, 0.5) is 0 Å². The molecule has 2 N–H and O–H groups in total. The van der Waals surface area contributed by atoms with E-state index in [1.165, 1.54) is 5.75 Å². The lowest BCUT2D eigenvalue weighted by Gasteiger charge is -2.38. The number of methoxy groups -OCH3 is 1. The fourth-order valence-electron chi connectivity index (χ4n) is 3.58. The van der Waals surface area contributed by atoms with Gasteiger partial charge in [0, 0.05) is 32.5 Å². The number of ether oxygens (including phenoxy) is 2. The number of nitrogens with zero attached hydrogens (tertiary/aromatic N) is 2. The second-order valence-electron chi connectivity index (χ2n) is 7.82. The minimum absolute atomic E-state index is 0. The molecule has 9 heteroatoms. The Morgan fingerprint density at radius 2 is 2.13 bits per heavy atom. The molecule has 0 aromatic heterocycles. The topological polar surface area (TPSA) is 75.2 Å². The number of thioether (sulfide) groups is 1. The number of aliphatic imine (C=N–C) groups is 1. The van der Waals surface area contributed by atoms with Crippen molar-refractivity contribution < 1.29 is 14.3 Å². The lowest BCUT2D eigenvalue weighted by atomic mass is 9.90. The molecule has 1 aromatic rings. The van der Waals surface area contributed by atoms with Crippen LogP contribution in [-0.4, -0.2) is 74.3 Å². The van der Waals surface area contributed by atoms with Gasteiger partial charge in [-0.1, -0.05) is 12.1 Å². The van der Waals surface area contributed by atoms with Crippen molar-refractivity contribution in [2.75, 3.05) is 45.9 Å².